The number of rotatable bonds is 7. The molecule has 1 N–H and O–H groups in total. The quantitative estimate of drug-likeness (QED) is 0.602. The molecular formula is C22H23NO4S. The van der Waals surface area contributed by atoms with Crippen molar-refractivity contribution in [1.29, 1.82) is 0 Å². The summed E-state index contributed by atoms with van der Waals surface area (Å²) in [7, 11) is 0. The van der Waals surface area contributed by atoms with Gasteiger partial charge in [-0.1, -0.05) is 24.3 Å². The van der Waals surface area contributed by atoms with E-state index in [9.17, 15) is 5.11 Å². The summed E-state index contributed by atoms with van der Waals surface area (Å²) in [6.07, 6.45) is -0.561. The lowest BCUT2D eigenvalue weighted by atomic mass is 10.1. The number of hydrogen-bond acceptors (Lipinski definition) is 6. The van der Waals surface area contributed by atoms with Gasteiger partial charge in [-0.3, -0.25) is 0 Å². The topological polar surface area (TPSA) is 60.8 Å². The van der Waals surface area contributed by atoms with Crippen LogP contribution in [0.4, 0.5) is 0 Å². The summed E-state index contributed by atoms with van der Waals surface area (Å²) in [6, 6.07) is 14.0. The maximum absolute atomic E-state index is 10.3. The fourth-order valence-electron chi connectivity index (χ4n) is 3.18. The molecule has 0 amide bonds. The van der Waals surface area contributed by atoms with Gasteiger partial charge in [0.2, 0.25) is 6.79 Å². The van der Waals surface area contributed by atoms with Crippen LogP contribution in [0.5, 0.6) is 11.5 Å². The smallest absolute Gasteiger partial charge is 0.231 e. The first-order chi connectivity index (χ1) is 13.6. The predicted molar refractivity (Wildman–Crippen MR) is 110 cm³/mol. The zero-order chi connectivity index (χ0) is 19.5. The zero-order valence-electron chi connectivity index (χ0n) is 16.0. The van der Waals surface area contributed by atoms with Gasteiger partial charge in [0.25, 0.3) is 0 Å². The first-order valence-corrected chi connectivity index (χ1v) is 10.2. The van der Waals surface area contributed by atoms with Crippen LogP contribution in [0.2, 0.25) is 0 Å². The fraction of sp³-hybridized carbons (Fsp3) is 0.318. The summed E-state index contributed by atoms with van der Waals surface area (Å²) in [4.78, 5) is 4.75. The Balaban J connectivity index is 1.29. The van der Waals surface area contributed by atoms with Gasteiger partial charge in [-0.25, -0.2) is 4.98 Å². The average Bonchev–Trinajstić information content (AvgIpc) is 3.15. The number of aromatic nitrogens is 1. The van der Waals surface area contributed by atoms with Crippen LogP contribution in [-0.2, 0) is 11.3 Å². The second-order valence-electron chi connectivity index (χ2n) is 6.92. The maximum atomic E-state index is 10.3. The van der Waals surface area contributed by atoms with Crippen LogP contribution in [-0.4, -0.2) is 35.3 Å². The van der Waals surface area contributed by atoms with Crippen molar-refractivity contribution in [2.45, 2.75) is 31.6 Å². The Hall–Kier alpha value is -2.28. The van der Waals surface area contributed by atoms with E-state index in [4.69, 9.17) is 19.2 Å². The van der Waals surface area contributed by atoms with E-state index in [1.807, 2.05) is 18.2 Å². The third kappa shape index (κ3) is 4.24. The van der Waals surface area contributed by atoms with Crippen molar-refractivity contribution in [3.63, 3.8) is 0 Å². The van der Waals surface area contributed by atoms with Crippen LogP contribution in [0.15, 0.2) is 47.5 Å². The second kappa shape index (κ2) is 8.39. The van der Waals surface area contributed by atoms with Crippen molar-refractivity contribution in [3.8, 4) is 11.5 Å². The van der Waals surface area contributed by atoms with E-state index in [1.165, 1.54) is 10.9 Å². The largest absolute Gasteiger partial charge is 0.454 e. The Kier molecular flexibility index (Phi) is 5.71. The first-order valence-electron chi connectivity index (χ1n) is 9.24. The van der Waals surface area contributed by atoms with Crippen molar-refractivity contribution in [1.82, 2.24) is 4.98 Å². The van der Waals surface area contributed by atoms with E-state index in [-0.39, 0.29) is 13.4 Å². The minimum absolute atomic E-state index is 0.261. The molecule has 0 saturated carbocycles. The minimum atomic E-state index is -0.561. The summed E-state index contributed by atoms with van der Waals surface area (Å²) in [6.45, 7) is 5.12. The average molecular weight is 397 g/mol. The predicted octanol–water partition coefficient (Wildman–Crippen LogP) is 4.25. The highest BCUT2D eigenvalue weighted by molar-refractivity contribution is 7.99. The molecule has 0 radical (unpaired) electrons. The van der Waals surface area contributed by atoms with E-state index in [0.717, 1.165) is 33.2 Å². The molecule has 4 rings (SSSR count). The molecule has 0 spiro atoms. The fourth-order valence-corrected chi connectivity index (χ4v) is 4.05. The van der Waals surface area contributed by atoms with E-state index in [2.05, 4.69) is 38.1 Å². The van der Waals surface area contributed by atoms with Gasteiger partial charge in [-0.2, -0.15) is 0 Å². The third-order valence-electron chi connectivity index (χ3n) is 4.66. The number of para-hydroxylation sites is 1. The number of nitrogens with zero attached hydrogens (tertiary/aromatic N) is 1. The number of thioether (sulfide) groups is 1. The van der Waals surface area contributed by atoms with E-state index in [0.29, 0.717) is 12.4 Å². The number of pyridine rings is 1. The number of ether oxygens (including phenoxy) is 3. The van der Waals surface area contributed by atoms with Gasteiger partial charge in [0.15, 0.2) is 11.5 Å². The molecule has 6 heteroatoms. The molecule has 3 aromatic rings. The monoisotopic (exact) mass is 397 g/mol. The molecule has 28 heavy (non-hydrogen) atoms. The Morgan fingerprint density at radius 2 is 1.96 bits per heavy atom. The van der Waals surface area contributed by atoms with Gasteiger partial charge >= 0.3 is 0 Å². The highest BCUT2D eigenvalue weighted by Gasteiger charge is 2.14. The molecular weight excluding hydrogens is 374 g/mol. The first kappa shape index (κ1) is 19.1. The molecule has 0 unspecified atom stereocenters. The maximum Gasteiger partial charge on any atom is 0.231 e. The summed E-state index contributed by atoms with van der Waals surface area (Å²) in [5.74, 6) is 2.03. The van der Waals surface area contributed by atoms with Gasteiger partial charge in [0.1, 0.15) is 0 Å². The second-order valence-corrected chi connectivity index (χ2v) is 7.96. The lowest BCUT2D eigenvalue weighted by molar-refractivity contribution is 0.0397. The van der Waals surface area contributed by atoms with Crippen LogP contribution in [0.1, 0.15) is 16.7 Å². The van der Waals surface area contributed by atoms with Crippen molar-refractivity contribution in [3.05, 3.63) is 59.2 Å². The Morgan fingerprint density at radius 1 is 1.11 bits per heavy atom. The molecule has 1 aliphatic rings. The Labute approximate surface area is 168 Å². The number of hydrogen-bond donors (Lipinski definition) is 1. The highest BCUT2D eigenvalue weighted by atomic mass is 32.2. The molecule has 146 valence electrons. The van der Waals surface area contributed by atoms with Crippen molar-refractivity contribution in [2.75, 3.05) is 19.2 Å². The molecule has 2 aromatic carbocycles. The molecule has 1 aliphatic heterocycles. The van der Waals surface area contributed by atoms with Crippen molar-refractivity contribution < 1.29 is 19.3 Å². The van der Waals surface area contributed by atoms with E-state index >= 15 is 0 Å². The summed E-state index contributed by atoms with van der Waals surface area (Å²) < 4.78 is 16.3. The minimum Gasteiger partial charge on any atom is -0.454 e. The molecule has 1 atom stereocenters. The summed E-state index contributed by atoms with van der Waals surface area (Å²) >= 11 is 1.55. The molecule has 5 nitrogen and oxygen atoms in total. The van der Waals surface area contributed by atoms with Crippen LogP contribution in [0.3, 0.4) is 0 Å². The van der Waals surface area contributed by atoms with E-state index < -0.39 is 6.10 Å². The van der Waals surface area contributed by atoms with Crippen molar-refractivity contribution >= 4 is 22.7 Å². The van der Waals surface area contributed by atoms with Crippen LogP contribution in [0, 0.1) is 13.8 Å². The van der Waals surface area contributed by atoms with Crippen molar-refractivity contribution in [2.24, 2.45) is 0 Å². The third-order valence-corrected chi connectivity index (χ3v) is 5.72. The number of benzene rings is 2. The van der Waals surface area contributed by atoms with Gasteiger partial charge in [-0.05, 0) is 48.7 Å². The van der Waals surface area contributed by atoms with E-state index in [1.54, 1.807) is 11.8 Å². The van der Waals surface area contributed by atoms with Crippen LogP contribution < -0.4 is 9.47 Å². The standard InChI is InChI=1S/C22H23NO4S/c1-14-4-3-5-18-15(2)8-21(23-22(14)18)28-12-17(24)11-25-10-16-6-7-19-20(9-16)27-13-26-19/h3-9,17,24H,10-13H2,1-2H3/t17-/m0/s1. The number of aliphatic hydroxyl groups excluding tert-OH is 1. The van der Waals surface area contributed by atoms with Crippen LogP contribution >= 0.6 is 11.8 Å². The molecule has 0 saturated heterocycles. The van der Waals surface area contributed by atoms with Gasteiger partial charge in [0.05, 0.1) is 29.9 Å². The molecule has 2 heterocycles. The zero-order valence-corrected chi connectivity index (χ0v) is 16.8. The molecule has 1 aromatic heterocycles. The normalized spacial score (nSPS) is 13.8. The molecule has 0 fully saturated rings. The Bertz CT molecular complexity index is 992. The molecule has 0 aliphatic carbocycles. The SMILES string of the molecule is Cc1cc(SC[C@@H](O)COCc2ccc3c(c2)OCO3)nc2c(C)cccc12. The number of aryl methyl sites for hydroxylation is 2. The van der Waals surface area contributed by atoms with Crippen LogP contribution in [0.25, 0.3) is 10.9 Å². The van der Waals surface area contributed by atoms with Gasteiger partial charge in [0, 0.05) is 11.1 Å². The highest BCUT2D eigenvalue weighted by Crippen LogP contribution is 2.32. The summed E-state index contributed by atoms with van der Waals surface area (Å²) in [5, 5.41) is 12.4. The summed E-state index contributed by atoms with van der Waals surface area (Å²) in [5.41, 5.74) is 4.38. The van der Waals surface area contributed by atoms with Gasteiger partial charge < -0.3 is 19.3 Å². The number of fused-ring (bicyclic) bond motifs is 2. The lowest BCUT2D eigenvalue weighted by Crippen LogP contribution is -2.18. The van der Waals surface area contributed by atoms with Gasteiger partial charge in [-0.15, -0.1) is 11.8 Å². The lowest BCUT2D eigenvalue weighted by Gasteiger charge is -2.12. The molecule has 0 bridgehead atoms. The Morgan fingerprint density at radius 3 is 2.86 bits per heavy atom. The number of aliphatic hydroxyl groups is 1.